The standard InChI is InChI=1S/C24H29N3O4S/c1-17(2)18-5-8-20(9-6-18)25-23(28)16-27-22-11-10-21(15-19(22)7-12-24(27)29)32(30,31)26-13-3-4-14-26/h5-6,8-11,15,17H,3-4,7,12-14,16H2,1-2H3,(H,25,28). The van der Waals surface area contributed by atoms with E-state index in [2.05, 4.69) is 19.2 Å². The molecule has 1 saturated heterocycles. The van der Waals surface area contributed by atoms with E-state index in [0.29, 0.717) is 36.8 Å². The zero-order valence-corrected chi connectivity index (χ0v) is 19.3. The summed E-state index contributed by atoms with van der Waals surface area (Å²) in [6.45, 7) is 5.18. The summed E-state index contributed by atoms with van der Waals surface area (Å²) in [5, 5.41) is 2.84. The van der Waals surface area contributed by atoms with Gasteiger partial charge in [0.2, 0.25) is 21.8 Å². The number of amides is 2. The van der Waals surface area contributed by atoms with Crippen molar-refractivity contribution in [3.63, 3.8) is 0 Å². The van der Waals surface area contributed by atoms with Crippen molar-refractivity contribution in [1.29, 1.82) is 0 Å². The van der Waals surface area contributed by atoms with E-state index in [1.165, 1.54) is 14.8 Å². The number of anilines is 2. The molecule has 0 bridgehead atoms. The predicted octanol–water partition coefficient (Wildman–Crippen LogP) is 3.51. The first-order chi connectivity index (χ1) is 15.3. The fraction of sp³-hybridized carbons (Fsp3) is 0.417. The minimum atomic E-state index is -3.53. The first kappa shape index (κ1) is 22.5. The SMILES string of the molecule is CC(C)c1ccc(NC(=O)CN2C(=O)CCc3cc(S(=O)(=O)N4CCCC4)ccc32)cc1. The van der Waals surface area contributed by atoms with Gasteiger partial charge in [0.15, 0.2) is 0 Å². The van der Waals surface area contributed by atoms with Gasteiger partial charge in [0.05, 0.1) is 4.90 Å². The van der Waals surface area contributed by atoms with Gasteiger partial charge < -0.3 is 10.2 Å². The van der Waals surface area contributed by atoms with E-state index in [1.54, 1.807) is 18.2 Å². The Bertz CT molecular complexity index is 1120. The maximum atomic E-state index is 12.9. The van der Waals surface area contributed by atoms with Crippen LogP contribution in [0.3, 0.4) is 0 Å². The van der Waals surface area contributed by atoms with Gasteiger partial charge in [-0.25, -0.2) is 8.42 Å². The van der Waals surface area contributed by atoms with Crippen LogP contribution in [0.2, 0.25) is 0 Å². The van der Waals surface area contributed by atoms with Crippen molar-refractivity contribution in [3.8, 4) is 0 Å². The number of sulfonamides is 1. The molecule has 2 heterocycles. The second-order valence-electron chi connectivity index (χ2n) is 8.71. The van der Waals surface area contributed by atoms with Gasteiger partial charge in [-0.1, -0.05) is 26.0 Å². The Balaban J connectivity index is 1.50. The molecule has 4 rings (SSSR count). The number of fused-ring (bicyclic) bond motifs is 1. The number of hydrogen-bond acceptors (Lipinski definition) is 4. The zero-order valence-electron chi connectivity index (χ0n) is 18.5. The molecule has 2 aromatic rings. The highest BCUT2D eigenvalue weighted by atomic mass is 32.2. The number of hydrogen-bond donors (Lipinski definition) is 1. The molecule has 0 spiro atoms. The van der Waals surface area contributed by atoms with E-state index < -0.39 is 10.0 Å². The molecule has 2 aliphatic rings. The lowest BCUT2D eigenvalue weighted by molar-refractivity contribution is -0.121. The molecule has 0 aliphatic carbocycles. The minimum Gasteiger partial charge on any atom is -0.325 e. The van der Waals surface area contributed by atoms with Crippen molar-refractivity contribution in [3.05, 3.63) is 53.6 Å². The third kappa shape index (κ3) is 4.56. The second-order valence-corrected chi connectivity index (χ2v) is 10.6. The summed E-state index contributed by atoms with van der Waals surface area (Å²) in [6.07, 6.45) is 2.46. The smallest absolute Gasteiger partial charge is 0.244 e. The molecular formula is C24H29N3O4S. The molecule has 1 N–H and O–H groups in total. The van der Waals surface area contributed by atoms with Crippen LogP contribution in [0.25, 0.3) is 0 Å². The second kappa shape index (κ2) is 9.03. The Kier molecular flexibility index (Phi) is 6.35. The van der Waals surface area contributed by atoms with Gasteiger partial charge in [-0.05, 0) is 66.6 Å². The lowest BCUT2D eigenvalue weighted by atomic mass is 10.0. The average Bonchev–Trinajstić information content (AvgIpc) is 3.32. The number of nitrogens with zero attached hydrogens (tertiary/aromatic N) is 2. The topological polar surface area (TPSA) is 86.8 Å². The van der Waals surface area contributed by atoms with E-state index in [1.807, 2.05) is 24.3 Å². The Labute approximate surface area is 189 Å². The number of carbonyl (C=O) groups excluding carboxylic acids is 2. The maximum Gasteiger partial charge on any atom is 0.244 e. The number of benzene rings is 2. The van der Waals surface area contributed by atoms with Gasteiger partial charge in [-0.15, -0.1) is 0 Å². The van der Waals surface area contributed by atoms with E-state index in [0.717, 1.165) is 18.4 Å². The summed E-state index contributed by atoms with van der Waals surface area (Å²) in [6, 6.07) is 12.5. The molecule has 0 atom stereocenters. The largest absolute Gasteiger partial charge is 0.325 e. The molecule has 0 unspecified atom stereocenters. The molecule has 2 aliphatic heterocycles. The molecular weight excluding hydrogens is 426 g/mol. The Morgan fingerprint density at radius 3 is 2.38 bits per heavy atom. The number of aryl methyl sites for hydroxylation is 1. The van der Waals surface area contributed by atoms with Gasteiger partial charge in [-0.2, -0.15) is 4.31 Å². The third-order valence-corrected chi connectivity index (χ3v) is 8.01. The summed E-state index contributed by atoms with van der Waals surface area (Å²) in [7, 11) is -3.53. The number of nitrogens with one attached hydrogen (secondary N) is 1. The molecule has 0 radical (unpaired) electrons. The molecule has 8 heteroatoms. The summed E-state index contributed by atoms with van der Waals surface area (Å²) < 4.78 is 27.3. The molecule has 1 fully saturated rings. The number of rotatable bonds is 6. The average molecular weight is 456 g/mol. The molecule has 0 saturated carbocycles. The highest BCUT2D eigenvalue weighted by Gasteiger charge is 2.31. The van der Waals surface area contributed by atoms with E-state index in [-0.39, 0.29) is 29.7 Å². The first-order valence-corrected chi connectivity index (χ1v) is 12.5. The van der Waals surface area contributed by atoms with E-state index in [9.17, 15) is 18.0 Å². The highest BCUT2D eigenvalue weighted by molar-refractivity contribution is 7.89. The van der Waals surface area contributed by atoms with Crippen molar-refractivity contribution in [2.24, 2.45) is 0 Å². The molecule has 32 heavy (non-hydrogen) atoms. The highest BCUT2D eigenvalue weighted by Crippen LogP contribution is 2.31. The van der Waals surface area contributed by atoms with Crippen molar-refractivity contribution in [1.82, 2.24) is 4.31 Å². The van der Waals surface area contributed by atoms with Crippen LogP contribution >= 0.6 is 0 Å². The van der Waals surface area contributed by atoms with Crippen LogP contribution in [0, 0.1) is 0 Å². The van der Waals surface area contributed by atoms with Crippen LogP contribution in [0.15, 0.2) is 47.4 Å². The Morgan fingerprint density at radius 1 is 1.03 bits per heavy atom. The van der Waals surface area contributed by atoms with Crippen LogP contribution in [0.4, 0.5) is 11.4 Å². The minimum absolute atomic E-state index is 0.115. The predicted molar refractivity (Wildman–Crippen MR) is 124 cm³/mol. The molecule has 170 valence electrons. The maximum absolute atomic E-state index is 12.9. The van der Waals surface area contributed by atoms with E-state index >= 15 is 0 Å². The van der Waals surface area contributed by atoms with Gasteiger partial charge in [0, 0.05) is 30.9 Å². The summed E-state index contributed by atoms with van der Waals surface area (Å²) in [4.78, 5) is 26.9. The van der Waals surface area contributed by atoms with Crippen molar-refractivity contribution >= 4 is 33.2 Å². The van der Waals surface area contributed by atoms with Crippen LogP contribution in [0.1, 0.15) is 50.2 Å². The lowest BCUT2D eigenvalue weighted by Crippen LogP contribution is -2.41. The van der Waals surface area contributed by atoms with Crippen molar-refractivity contribution in [2.75, 3.05) is 29.9 Å². The fourth-order valence-corrected chi connectivity index (χ4v) is 5.81. The first-order valence-electron chi connectivity index (χ1n) is 11.1. The summed E-state index contributed by atoms with van der Waals surface area (Å²) >= 11 is 0. The molecule has 2 aromatic carbocycles. The number of carbonyl (C=O) groups is 2. The monoisotopic (exact) mass is 455 g/mol. The summed E-state index contributed by atoms with van der Waals surface area (Å²) in [5.74, 6) is -0.0309. The lowest BCUT2D eigenvalue weighted by Gasteiger charge is -2.29. The Morgan fingerprint density at radius 2 is 1.72 bits per heavy atom. The fourth-order valence-electron chi connectivity index (χ4n) is 4.24. The van der Waals surface area contributed by atoms with Crippen LogP contribution in [-0.2, 0) is 26.0 Å². The van der Waals surface area contributed by atoms with Crippen LogP contribution in [-0.4, -0.2) is 44.2 Å². The van der Waals surface area contributed by atoms with Gasteiger partial charge in [0.1, 0.15) is 6.54 Å². The Hall–Kier alpha value is -2.71. The van der Waals surface area contributed by atoms with Gasteiger partial charge in [-0.3, -0.25) is 9.59 Å². The van der Waals surface area contributed by atoms with E-state index in [4.69, 9.17) is 0 Å². The molecule has 2 amide bonds. The van der Waals surface area contributed by atoms with Crippen LogP contribution in [0.5, 0.6) is 0 Å². The third-order valence-electron chi connectivity index (χ3n) is 6.12. The van der Waals surface area contributed by atoms with Gasteiger partial charge >= 0.3 is 0 Å². The van der Waals surface area contributed by atoms with Crippen LogP contribution < -0.4 is 10.2 Å². The normalized spacial score (nSPS) is 17.0. The van der Waals surface area contributed by atoms with Crippen molar-refractivity contribution < 1.29 is 18.0 Å². The zero-order chi connectivity index (χ0) is 22.9. The quantitative estimate of drug-likeness (QED) is 0.722. The van der Waals surface area contributed by atoms with Crippen molar-refractivity contribution in [2.45, 2.75) is 50.3 Å². The van der Waals surface area contributed by atoms with Gasteiger partial charge in [0.25, 0.3) is 0 Å². The summed E-state index contributed by atoms with van der Waals surface area (Å²) in [5.41, 5.74) is 3.24. The molecule has 0 aromatic heterocycles. The molecule has 7 nitrogen and oxygen atoms in total.